The number of fused-ring (bicyclic) bond motifs is 2. The van der Waals surface area contributed by atoms with Crippen LogP contribution in [0.25, 0.3) is 0 Å². The van der Waals surface area contributed by atoms with Crippen molar-refractivity contribution in [3.05, 3.63) is 0 Å². The first-order chi connectivity index (χ1) is 5.99. The molecule has 0 aromatic rings. The van der Waals surface area contributed by atoms with E-state index in [-0.39, 0.29) is 12.5 Å². The Bertz CT molecular complexity index is 203. The van der Waals surface area contributed by atoms with Crippen molar-refractivity contribution in [3.8, 4) is 0 Å². The van der Waals surface area contributed by atoms with Crippen LogP contribution in [0.3, 0.4) is 0 Å². The van der Waals surface area contributed by atoms with E-state index in [1.54, 1.807) is 0 Å². The lowest BCUT2D eigenvalue weighted by atomic mass is 9.84. The van der Waals surface area contributed by atoms with Gasteiger partial charge in [-0.3, -0.25) is 0 Å². The van der Waals surface area contributed by atoms with Gasteiger partial charge in [0, 0.05) is 12.5 Å². The van der Waals surface area contributed by atoms with Crippen molar-refractivity contribution in [1.82, 2.24) is 5.32 Å². The molecule has 0 aliphatic carbocycles. The molecule has 2 aliphatic heterocycles. The van der Waals surface area contributed by atoms with Crippen molar-refractivity contribution in [1.29, 1.82) is 0 Å². The first-order valence-electron chi connectivity index (χ1n) is 5.13. The molecule has 2 rings (SSSR count). The minimum Gasteiger partial charge on any atom is -0.306 e. The van der Waals surface area contributed by atoms with Crippen molar-refractivity contribution in [3.63, 3.8) is 0 Å². The lowest BCUT2D eigenvalue weighted by Crippen LogP contribution is -2.43. The first kappa shape index (κ1) is 9.38. The normalized spacial score (nSPS) is 42.7. The fraction of sp³-hybridized carbons (Fsp3) is 1.00. The van der Waals surface area contributed by atoms with Crippen LogP contribution in [0.4, 0.5) is 8.78 Å². The van der Waals surface area contributed by atoms with E-state index in [9.17, 15) is 8.78 Å². The summed E-state index contributed by atoms with van der Waals surface area (Å²) >= 11 is 0. The Kier molecular flexibility index (Phi) is 2.10. The fourth-order valence-electron chi connectivity index (χ4n) is 2.64. The Morgan fingerprint density at radius 1 is 1.31 bits per heavy atom. The highest BCUT2D eigenvalue weighted by molar-refractivity contribution is 5.02. The third-order valence-corrected chi connectivity index (χ3v) is 3.53. The van der Waals surface area contributed by atoms with Crippen molar-refractivity contribution in [2.24, 2.45) is 11.8 Å². The van der Waals surface area contributed by atoms with Gasteiger partial charge < -0.3 is 5.32 Å². The van der Waals surface area contributed by atoms with E-state index in [2.05, 4.69) is 19.2 Å². The molecule has 3 heteroatoms. The van der Waals surface area contributed by atoms with Crippen LogP contribution in [0, 0.1) is 11.8 Å². The number of hydrogen-bond acceptors (Lipinski definition) is 1. The molecule has 3 unspecified atom stereocenters. The maximum atomic E-state index is 13.3. The highest BCUT2D eigenvalue weighted by Crippen LogP contribution is 2.43. The Hall–Kier alpha value is -0.180. The number of halogens is 2. The van der Waals surface area contributed by atoms with E-state index in [1.165, 1.54) is 0 Å². The summed E-state index contributed by atoms with van der Waals surface area (Å²) in [6, 6.07) is -0.472. The lowest BCUT2D eigenvalue weighted by Gasteiger charge is -2.31. The molecular weight excluding hydrogens is 172 g/mol. The summed E-state index contributed by atoms with van der Waals surface area (Å²) in [4.78, 5) is 0. The van der Waals surface area contributed by atoms with Gasteiger partial charge in [0.15, 0.2) is 0 Å². The largest absolute Gasteiger partial charge is 0.306 e. The van der Waals surface area contributed by atoms with Crippen LogP contribution in [0.5, 0.6) is 0 Å². The molecule has 2 heterocycles. The third-order valence-electron chi connectivity index (χ3n) is 3.53. The molecule has 2 saturated heterocycles. The Balaban J connectivity index is 2.08. The number of rotatable bonds is 1. The summed E-state index contributed by atoms with van der Waals surface area (Å²) in [7, 11) is 0. The number of nitrogens with one attached hydrogen (secondary N) is 1. The highest BCUT2D eigenvalue weighted by atomic mass is 19.3. The van der Waals surface area contributed by atoms with Crippen molar-refractivity contribution in [2.45, 2.75) is 51.1 Å². The standard InChI is InChI=1S/C10H17F2N/c1-6(2)7-3-8-5-10(11,12)9(4-7)13-8/h6-9,13H,3-5H2,1-2H3. The van der Waals surface area contributed by atoms with Crippen molar-refractivity contribution in [2.75, 3.05) is 0 Å². The summed E-state index contributed by atoms with van der Waals surface area (Å²) in [5.41, 5.74) is 0. The predicted molar refractivity (Wildman–Crippen MR) is 47.8 cm³/mol. The summed E-state index contributed by atoms with van der Waals surface area (Å²) in [5, 5.41) is 3.02. The SMILES string of the molecule is CC(C)C1CC2CC(F)(F)C(C1)N2. The molecule has 2 aliphatic rings. The summed E-state index contributed by atoms with van der Waals surface area (Å²) in [5.74, 6) is -1.42. The molecule has 0 aromatic heterocycles. The van der Waals surface area contributed by atoms with Gasteiger partial charge in [-0.1, -0.05) is 13.8 Å². The maximum absolute atomic E-state index is 13.3. The van der Waals surface area contributed by atoms with Gasteiger partial charge in [0.25, 0.3) is 5.92 Å². The van der Waals surface area contributed by atoms with E-state index in [0.29, 0.717) is 18.3 Å². The van der Waals surface area contributed by atoms with Gasteiger partial charge in [-0.2, -0.15) is 0 Å². The average Bonchev–Trinajstić information content (AvgIpc) is 2.21. The maximum Gasteiger partial charge on any atom is 0.264 e. The fourth-order valence-corrected chi connectivity index (χ4v) is 2.64. The summed E-state index contributed by atoms with van der Waals surface area (Å²) < 4.78 is 26.5. The monoisotopic (exact) mass is 189 g/mol. The molecule has 0 aromatic carbocycles. The van der Waals surface area contributed by atoms with Crippen molar-refractivity contribution < 1.29 is 8.78 Å². The van der Waals surface area contributed by atoms with E-state index in [1.807, 2.05) is 0 Å². The van der Waals surface area contributed by atoms with Crippen molar-refractivity contribution >= 4 is 0 Å². The molecule has 76 valence electrons. The zero-order valence-electron chi connectivity index (χ0n) is 8.19. The number of hydrogen-bond donors (Lipinski definition) is 1. The van der Waals surface area contributed by atoms with Gasteiger partial charge in [-0.15, -0.1) is 0 Å². The Morgan fingerprint density at radius 2 is 2.00 bits per heavy atom. The number of alkyl halides is 2. The van der Waals surface area contributed by atoms with Gasteiger partial charge in [0.2, 0.25) is 0 Å². The second-order valence-corrected chi connectivity index (χ2v) is 4.86. The molecular formula is C10H17F2N. The van der Waals surface area contributed by atoms with E-state index >= 15 is 0 Å². The van der Waals surface area contributed by atoms with E-state index in [0.717, 1.165) is 6.42 Å². The second-order valence-electron chi connectivity index (χ2n) is 4.86. The number of piperidine rings is 1. The minimum absolute atomic E-state index is 0.0564. The van der Waals surface area contributed by atoms with Crippen LogP contribution in [0.1, 0.15) is 33.1 Å². The molecule has 2 fully saturated rings. The van der Waals surface area contributed by atoms with Crippen LogP contribution in [-0.4, -0.2) is 18.0 Å². The lowest BCUT2D eigenvalue weighted by molar-refractivity contribution is -0.0161. The van der Waals surface area contributed by atoms with Gasteiger partial charge >= 0.3 is 0 Å². The average molecular weight is 189 g/mol. The molecule has 0 saturated carbocycles. The molecule has 0 radical (unpaired) electrons. The topological polar surface area (TPSA) is 12.0 Å². The predicted octanol–water partition coefficient (Wildman–Crippen LogP) is 2.42. The molecule has 3 atom stereocenters. The Labute approximate surface area is 77.9 Å². The van der Waals surface area contributed by atoms with Gasteiger partial charge in [0.05, 0.1) is 6.04 Å². The zero-order valence-corrected chi connectivity index (χ0v) is 8.19. The molecule has 0 amide bonds. The van der Waals surface area contributed by atoms with Crippen LogP contribution >= 0.6 is 0 Å². The summed E-state index contributed by atoms with van der Waals surface area (Å²) in [6.07, 6.45) is 1.64. The van der Waals surface area contributed by atoms with Gasteiger partial charge in [0.1, 0.15) is 0 Å². The minimum atomic E-state index is -2.45. The third kappa shape index (κ3) is 1.58. The quantitative estimate of drug-likeness (QED) is 0.668. The van der Waals surface area contributed by atoms with Crippen LogP contribution in [-0.2, 0) is 0 Å². The molecule has 13 heavy (non-hydrogen) atoms. The molecule has 2 bridgehead atoms. The van der Waals surface area contributed by atoms with Gasteiger partial charge in [-0.25, -0.2) is 8.78 Å². The zero-order chi connectivity index (χ0) is 9.64. The van der Waals surface area contributed by atoms with Gasteiger partial charge in [-0.05, 0) is 24.7 Å². The van der Waals surface area contributed by atoms with Crippen LogP contribution in [0.15, 0.2) is 0 Å². The van der Waals surface area contributed by atoms with E-state index < -0.39 is 12.0 Å². The molecule has 1 N–H and O–H groups in total. The molecule has 0 spiro atoms. The second kappa shape index (κ2) is 2.91. The van der Waals surface area contributed by atoms with Crippen LogP contribution < -0.4 is 5.32 Å². The smallest absolute Gasteiger partial charge is 0.264 e. The summed E-state index contributed by atoms with van der Waals surface area (Å²) in [6.45, 7) is 4.27. The van der Waals surface area contributed by atoms with E-state index in [4.69, 9.17) is 0 Å². The van der Waals surface area contributed by atoms with Crippen LogP contribution in [0.2, 0.25) is 0 Å². The highest BCUT2D eigenvalue weighted by Gasteiger charge is 2.52. The first-order valence-corrected chi connectivity index (χ1v) is 5.13. The molecule has 1 nitrogen and oxygen atoms in total. The Morgan fingerprint density at radius 3 is 2.54 bits per heavy atom.